The van der Waals surface area contributed by atoms with E-state index in [0.29, 0.717) is 17.0 Å². The van der Waals surface area contributed by atoms with Crippen LogP contribution < -0.4 is 5.32 Å². The van der Waals surface area contributed by atoms with Crippen molar-refractivity contribution in [1.82, 2.24) is 25.1 Å². The van der Waals surface area contributed by atoms with E-state index in [-0.39, 0.29) is 5.91 Å². The Bertz CT molecular complexity index is 862. The van der Waals surface area contributed by atoms with E-state index in [1.807, 2.05) is 47.0 Å². The first-order valence-corrected chi connectivity index (χ1v) is 9.13. The van der Waals surface area contributed by atoms with Gasteiger partial charge in [-0.1, -0.05) is 30.0 Å². The summed E-state index contributed by atoms with van der Waals surface area (Å²) < 4.78 is 1.98. The number of thioether (sulfide) groups is 1. The molecule has 0 saturated heterocycles. The van der Waals surface area contributed by atoms with Crippen LogP contribution in [0, 0.1) is 0 Å². The lowest BCUT2D eigenvalue weighted by Crippen LogP contribution is -2.27. The van der Waals surface area contributed by atoms with E-state index in [1.54, 1.807) is 12.4 Å². The van der Waals surface area contributed by atoms with E-state index in [0.717, 1.165) is 29.9 Å². The molecule has 1 aliphatic carbocycles. The largest absolute Gasteiger partial charge is 0.353 e. The first-order valence-electron chi connectivity index (χ1n) is 8.14. The van der Waals surface area contributed by atoms with Crippen molar-refractivity contribution in [2.24, 2.45) is 0 Å². The van der Waals surface area contributed by atoms with E-state index in [4.69, 9.17) is 0 Å². The second-order valence-corrected chi connectivity index (χ2v) is 6.79. The van der Waals surface area contributed by atoms with Gasteiger partial charge < -0.3 is 5.32 Å². The van der Waals surface area contributed by atoms with Gasteiger partial charge in [0.25, 0.3) is 0 Å². The highest BCUT2D eigenvalue weighted by molar-refractivity contribution is 7.99. The molecule has 1 amide bonds. The summed E-state index contributed by atoms with van der Waals surface area (Å²) in [6.07, 6.45) is 5.64. The number of aromatic nitrogens is 4. The number of nitrogens with one attached hydrogen (secondary N) is 1. The maximum atomic E-state index is 12.0. The lowest BCUT2D eigenvalue weighted by Gasteiger charge is -2.10. The number of hydrogen-bond acceptors (Lipinski definition) is 5. The van der Waals surface area contributed by atoms with Gasteiger partial charge in [0, 0.05) is 29.7 Å². The van der Waals surface area contributed by atoms with Gasteiger partial charge in [0.2, 0.25) is 5.91 Å². The highest BCUT2D eigenvalue weighted by atomic mass is 32.2. The molecule has 0 atom stereocenters. The summed E-state index contributed by atoms with van der Waals surface area (Å²) in [5, 5.41) is 12.4. The highest BCUT2D eigenvalue weighted by Gasteiger charge is 2.24. The van der Waals surface area contributed by atoms with Crippen molar-refractivity contribution >= 4 is 17.7 Å². The first kappa shape index (κ1) is 15.8. The molecule has 6 nitrogen and oxygen atoms in total. The summed E-state index contributed by atoms with van der Waals surface area (Å²) in [5.41, 5.74) is 1.89. The number of benzene rings is 1. The number of carbonyl (C=O) groups excluding carboxylic acids is 1. The molecule has 126 valence electrons. The Hall–Kier alpha value is -2.67. The van der Waals surface area contributed by atoms with E-state index < -0.39 is 0 Å². The molecular formula is C18H17N5OS. The molecule has 1 fully saturated rings. The molecule has 2 heterocycles. The van der Waals surface area contributed by atoms with E-state index in [1.165, 1.54) is 11.8 Å². The van der Waals surface area contributed by atoms with Gasteiger partial charge in [-0.2, -0.15) is 0 Å². The third-order valence-corrected chi connectivity index (χ3v) is 4.79. The van der Waals surface area contributed by atoms with Gasteiger partial charge in [-0.25, -0.2) is 0 Å². The van der Waals surface area contributed by atoms with Crippen molar-refractivity contribution in [3.63, 3.8) is 0 Å². The average molecular weight is 351 g/mol. The number of carbonyl (C=O) groups is 1. The molecule has 0 spiro atoms. The third kappa shape index (κ3) is 3.71. The predicted molar refractivity (Wildman–Crippen MR) is 96.5 cm³/mol. The topological polar surface area (TPSA) is 72.7 Å². The number of rotatable bonds is 6. The van der Waals surface area contributed by atoms with Crippen molar-refractivity contribution in [2.45, 2.75) is 24.0 Å². The minimum Gasteiger partial charge on any atom is -0.353 e. The SMILES string of the molecule is O=C(CSc1nnc(-c2ccncc2)n1-c1ccccc1)NC1CC1. The van der Waals surface area contributed by atoms with Gasteiger partial charge in [-0.15, -0.1) is 10.2 Å². The summed E-state index contributed by atoms with van der Waals surface area (Å²) in [6.45, 7) is 0. The molecule has 0 unspecified atom stereocenters. The van der Waals surface area contributed by atoms with Crippen LogP contribution in [0.2, 0.25) is 0 Å². The van der Waals surface area contributed by atoms with Crippen LogP contribution in [0.25, 0.3) is 17.1 Å². The summed E-state index contributed by atoms with van der Waals surface area (Å²) in [6, 6.07) is 14.1. The molecular weight excluding hydrogens is 334 g/mol. The molecule has 1 aromatic carbocycles. The van der Waals surface area contributed by atoms with Crippen molar-refractivity contribution in [1.29, 1.82) is 0 Å². The van der Waals surface area contributed by atoms with Crippen LogP contribution in [0.15, 0.2) is 60.0 Å². The van der Waals surface area contributed by atoms with Gasteiger partial charge >= 0.3 is 0 Å². The molecule has 2 aromatic heterocycles. The van der Waals surface area contributed by atoms with Crippen LogP contribution in [0.1, 0.15) is 12.8 Å². The average Bonchev–Trinajstić information content (AvgIpc) is 3.37. The maximum absolute atomic E-state index is 12.0. The number of nitrogens with zero attached hydrogens (tertiary/aromatic N) is 4. The van der Waals surface area contributed by atoms with Crippen molar-refractivity contribution < 1.29 is 4.79 Å². The summed E-state index contributed by atoms with van der Waals surface area (Å²) in [4.78, 5) is 16.1. The Morgan fingerprint density at radius 1 is 1.12 bits per heavy atom. The number of pyridine rings is 1. The monoisotopic (exact) mass is 351 g/mol. The van der Waals surface area contributed by atoms with Gasteiger partial charge in [-0.05, 0) is 37.1 Å². The normalized spacial score (nSPS) is 13.6. The van der Waals surface area contributed by atoms with Crippen molar-refractivity contribution in [3.05, 3.63) is 54.9 Å². The zero-order chi connectivity index (χ0) is 17.1. The van der Waals surface area contributed by atoms with Crippen LogP contribution in [-0.2, 0) is 4.79 Å². The minimum atomic E-state index is 0.0422. The second-order valence-electron chi connectivity index (χ2n) is 5.84. The van der Waals surface area contributed by atoms with E-state index >= 15 is 0 Å². The van der Waals surface area contributed by atoms with E-state index in [9.17, 15) is 4.79 Å². The quantitative estimate of drug-likeness (QED) is 0.691. The van der Waals surface area contributed by atoms with Gasteiger partial charge in [0.1, 0.15) is 0 Å². The van der Waals surface area contributed by atoms with Gasteiger partial charge in [0.05, 0.1) is 5.75 Å². The zero-order valence-corrected chi connectivity index (χ0v) is 14.3. The van der Waals surface area contributed by atoms with E-state index in [2.05, 4.69) is 20.5 Å². The summed E-state index contributed by atoms with van der Waals surface area (Å²) in [7, 11) is 0. The minimum absolute atomic E-state index is 0.0422. The molecule has 1 saturated carbocycles. The Balaban J connectivity index is 1.64. The molecule has 25 heavy (non-hydrogen) atoms. The molecule has 1 aliphatic rings. The zero-order valence-electron chi connectivity index (χ0n) is 13.5. The lowest BCUT2D eigenvalue weighted by molar-refractivity contribution is -0.118. The van der Waals surface area contributed by atoms with Crippen LogP contribution in [-0.4, -0.2) is 37.5 Å². The fourth-order valence-corrected chi connectivity index (χ4v) is 3.25. The number of para-hydroxylation sites is 1. The Labute approximate surface area is 149 Å². The third-order valence-electron chi connectivity index (χ3n) is 3.86. The maximum Gasteiger partial charge on any atom is 0.230 e. The van der Waals surface area contributed by atoms with Crippen LogP contribution in [0.3, 0.4) is 0 Å². The highest BCUT2D eigenvalue weighted by Crippen LogP contribution is 2.27. The molecule has 0 bridgehead atoms. The molecule has 7 heteroatoms. The van der Waals surface area contributed by atoms with Crippen molar-refractivity contribution in [2.75, 3.05) is 5.75 Å². The fourth-order valence-electron chi connectivity index (χ4n) is 2.49. The Morgan fingerprint density at radius 2 is 1.88 bits per heavy atom. The number of hydrogen-bond donors (Lipinski definition) is 1. The number of amides is 1. The molecule has 3 aromatic rings. The van der Waals surface area contributed by atoms with Crippen molar-refractivity contribution in [3.8, 4) is 17.1 Å². The lowest BCUT2D eigenvalue weighted by atomic mass is 10.2. The molecule has 1 N–H and O–H groups in total. The Kier molecular flexibility index (Phi) is 4.47. The molecule has 0 radical (unpaired) electrons. The standard InChI is InChI=1S/C18H17N5OS/c24-16(20-14-6-7-14)12-25-18-22-21-17(13-8-10-19-11-9-13)23(18)15-4-2-1-3-5-15/h1-5,8-11,14H,6-7,12H2,(H,20,24). The van der Waals surface area contributed by atoms with Crippen LogP contribution in [0.5, 0.6) is 0 Å². The van der Waals surface area contributed by atoms with Gasteiger partial charge in [0.15, 0.2) is 11.0 Å². The first-order chi connectivity index (χ1) is 12.3. The second kappa shape index (κ2) is 7.06. The van der Waals surface area contributed by atoms with Gasteiger partial charge in [-0.3, -0.25) is 14.3 Å². The fraction of sp³-hybridized carbons (Fsp3) is 0.222. The molecule has 4 rings (SSSR count). The van der Waals surface area contributed by atoms with Crippen LogP contribution in [0.4, 0.5) is 0 Å². The predicted octanol–water partition coefficient (Wildman–Crippen LogP) is 2.70. The molecule has 0 aliphatic heterocycles. The van der Waals surface area contributed by atoms with Crippen LogP contribution >= 0.6 is 11.8 Å². The summed E-state index contributed by atoms with van der Waals surface area (Å²) in [5.74, 6) is 1.11. The smallest absolute Gasteiger partial charge is 0.230 e. The summed E-state index contributed by atoms with van der Waals surface area (Å²) >= 11 is 1.40. The Morgan fingerprint density at radius 3 is 2.60 bits per heavy atom.